The lowest BCUT2D eigenvalue weighted by Gasteiger charge is -2.30. The van der Waals surface area contributed by atoms with E-state index in [1.807, 2.05) is 54.6 Å². The van der Waals surface area contributed by atoms with Gasteiger partial charge in [0.25, 0.3) is 0 Å². The van der Waals surface area contributed by atoms with Gasteiger partial charge in [-0.1, -0.05) is 230 Å². The molecule has 2 aliphatic rings. The van der Waals surface area contributed by atoms with Crippen molar-refractivity contribution in [3.05, 3.63) is 300 Å². The molecule has 0 saturated carbocycles. The second-order valence-corrected chi connectivity index (χ2v) is 25.1. The summed E-state index contributed by atoms with van der Waals surface area (Å²) in [5.41, 5.74) is 23.1. The van der Waals surface area contributed by atoms with Gasteiger partial charge < -0.3 is 15.4 Å². The molecule has 2 N–H and O–H groups in total. The van der Waals surface area contributed by atoms with Gasteiger partial charge in [-0.25, -0.2) is 4.98 Å². The van der Waals surface area contributed by atoms with E-state index in [2.05, 4.69) is 251 Å². The lowest BCUT2D eigenvalue weighted by Crippen LogP contribution is -2.25. The second-order valence-electron chi connectivity index (χ2n) is 25.1. The van der Waals surface area contributed by atoms with Crippen LogP contribution in [0.5, 0.6) is 11.5 Å². The van der Waals surface area contributed by atoms with Crippen LogP contribution in [0.2, 0.25) is 0 Å². The van der Waals surface area contributed by atoms with Crippen LogP contribution in [-0.2, 0) is 16.2 Å². The lowest BCUT2D eigenvalue weighted by molar-refractivity contribution is 0.483. The number of hydrogen-bond acceptors (Lipinski definition) is 4. The van der Waals surface area contributed by atoms with Crippen LogP contribution in [0.15, 0.2) is 261 Å². The second kappa shape index (κ2) is 20.2. The molecule has 0 unspecified atom stereocenters. The van der Waals surface area contributed by atoms with E-state index in [1.54, 1.807) is 12.3 Å². The molecular formula is C81H66N4O. The van der Waals surface area contributed by atoms with Crippen molar-refractivity contribution >= 4 is 44.6 Å². The SMILES string of the molecule is [2H]C([2H])([2H])c1cc(-n2c3cc(Oc4cccc(Nc5ccccc5Nc5c(-c6ccccc6)cccc5-c5cc(C(C)(C)C)cc(C(C)(C)C)c5)c4)ccc3c3cc4c(cc32)C2(c3ccccc3-c3ccccc32)c2ccccc2-4)ncc1-c1ccccc1. The number of aryl methyl sites for hydroxylation is 1. The molecule has 86 heavy (non-hydrogen) atoms. The number of para-hydroxylation sites is 3. The number of ether oxygens (including phenoxy) is 1. The highest BCUT2D eigenvalue weighted by molar-refractivity contribution is 6.13. The summed E-state index contributed by atoms with van der Waals surface area (Å²) < 4.78 is 35.9. The van der Waals surface area contributed by atoms with Crippen molar-refractivity contribution in [2.24, 2.45) is 0 Å². The third kappa shape index (κ3) is 8.71. The van der Waals surface area contributed by atoms with Crippen molar-refractivity contribution in [1.82, 2.24) is 9.55 Å². The molecule has 2 heterocycles. The molecule has 15 rings (SSSR count). The zero-order valence-electron chi connectivity index (χ0n) is 52.1. The Kier molecular flexibility index (Phi) is 11.6. The molecule has 0 amide bonds. The molecule has 13 aromatic rings. The van der Waals surface area contributed by atoms with E-state index in [1.165, 1.54) is 55.6 Å². The average molecular weight is 1110 g/mol. The first-order valence-corrected chi connectivity index (χ1v) is 29.7. The first-order chi connectivity index (χ1) is 43.0. The van der Waals surface area contributed by atoms with Crippen molar-refractivity contribution in [2.45, 2.75) is 64.6 Å². The van der Waals surface area contributed by atoms with Crippen molar-refractivity contribution in [2.75, 3.05) is 10.6 Å². The minimum Gasteiger partial charge on any atom is -0.457 e. The number of nitrogens with one attached hydrogen (secondary N) is 2. The summed E-state index contributed by atoms with van der Waals surface area (Å²) in [6.45, 7) is 11.3. The summed E-state index contributed by atoms with van der Waals surface area (Å²) in [5.74, 6) is 1.74. The summed E-state index contributed by atoms with van der Waals surface area (Å²) in [6, 6.07) is 89.5. The minimum atomic E-state index is -2.44. The van der Waals surface area contributed by atoms with Crippen molar-refractivity contribution in [3.63, 3.8) is 0 Å². The Labute approximate surface area is 508 Å². The zero-order valence-corrected chi connectivity index (χ0v) is 49.1. The first kappa shape index (κ1) is 49.2. The number of anilines is 4. The molecule has 0 atom stereocenters. The van der Waals surface area contributed by atoms with Crippen LogP contribution in [0.3, 0.4) is 0 Å². The van der Waals surface area contributed by atoms with Gasteiger partial charge in [-0.15, -0.1) is 0 Å². The Hall–Kier alpha value is -10.2. The van der Waals surface area contributed by atoms with Gasteiger partial charge in [-0.2, -0.15) is 0 Å². The molecule has 11 aromatic carbocycles. The Morgan fingerprint density at radius 3 is 1.56 bits per heavy atom. The van der Waals surface area contributed by atoms with Gasteiger partial charge in [0.1, 0.15) is 17.3 Å². The standard InChI is InChI=1S/C81H66N4O/c1-51-42-77(82-50-68(51)53-26-12-9-13-27-53)85-75-47-59(40-41-65(75)67-48-66-64-32-16-19-37-71(64)81(72(66)49-76(67)85)69-35-17-14-30-62(69)63-31-15-18-36-70(63)81)86-58-29-22-28-57(46-58)83-73-38-20-21-39-74(73)84-78-60(52-24-10-8-11-25-52)33-23-34-61(78)54-43-55(79(2,3)4)45-56(44-54)80(5,6)7/h8-50,83-84H,1-7H3/i1D3. The normalized spacial score (nSPS) is 13.6. The van der Waals surface area contributed by atoms with E-state index < -0.39 is 12.3 Å². The number of aromatic nitrogens is 2. The fraction of sp³-hybridized carbons (Fsp3) is 0.123. The Bertz CT molecular complexity index is 4870. The maximum absolute atomic E-state index is 8.94. The van der Waals surface area contributed by atoms with Gasteiger partial charge >= 0.3 is 0 Å². The summed E-state index contributed by atoms with van der Waals surface area (Å²) >= 11 is 0. The molecule has 0 aliphatic heterocycles. The first-order valence-electron chi connectivity index (χ1n) is 31.2. The van der Waals surface area contributed by atoms with Crippen LogP contribution in [0.4, 0.5) is 22.7 Å². The number of nitrogens with zero attached hydrogens (tertiary/aromatic N) is 2. The maximum Gasteiger partial charge on any atom is 0.137 e. The van der Waals surface area contributed by atoms with Gasteiger partial charge in [-0.3, -0.25) is 4.57 Å². The van der Waals surface area contributed by atoms with Crippen LogP contribution in [-0.4, -0.2) is 9.55 Å². The molecule has 5 heteroatoms. The highest BCUT2D eigenvalue weighted by Crippen LogP contribution is 2.63. The smallest absolute Gasteiger partial charge is 0.137 e. The molecular weight excluding hydrogens is 1040 g/mol. The largest absolute Gasteiger partial charge is 0.457 e. The van der Waals surface area contributed by atoms with E-state index in [0.29, 0.717) is 22.9 Å². The third-order valence-electron chi connectivity index (χ3n) is 17.7. The zero-order chi connectivity index (χ0) is 61.0. The van der Waals surface area contributed by atoms with E-state index in [0.717, 1.165) is 72.4 Å². The Balaban J connectivity index is 0.840. The fourth-order valence-corrected chi connectivity index (χ4v) is 13.5. The van der Waals surface area contributed by atoms with Gasteiger partial charge in [0.2, 0.25) is 0 Å². The third-order valence-corrected chi connectivity index (χ3v) is 17.7. The summed E-state index contributed by atoms with van der Waals surface area (Å²) in [6.07, 6.45) is 1.72. The monoisotopic (exact) mass is 1110 g/mol. The Morgan fingerprint density at radius 1 is 0.407 bits per heavy atom. The Morgan fingerprint density at radius 2 is 0.930 bits per heavy atom. The highest BCUT2D eigenvalue weighted by atomic mass is 16.5. The number of pyridine rings is 1. The van der Waals surface area contributed by atoms with E-state index in [4.69, 9.17) is 13.8 Å². The van der Waals surface area contributed by atoms with Crippen LogP contribution in [0.1, 0.15) is 84.6 Å². The lowest BCUT2D eigenvalue weighted by atomic mass is 9.70. The van der Waals surface area contributed by atoms with E-state index in [9.17, 15) is 0 Å². The molecule has 2 aliphatic carbocycles. The molecule has 1 spiro atoms. The topological polar surface area (TPSA) is 51.1 Å². The van der Waals surface area contributed by atoms with Crippen LogP contribution in [0.25, 0.3) is 83.3 Å². The van der Waals surface area contributed by atoms with E-state index in [-0.39, 0.29) is 16.4 Å². The summed E-state index contributed by atoms with van der Waals surface area (Å²) in [4.78, 5) is 5.19. The van der Waals surface area contributed by atoms with Crippen molar-refractivity contribution in [3.8, 4) is 73.0 Å². The molecule has 0 saturated heterocycles. The average Bonchev–Trinajstić information content (AvgIpc) is 1.51. The van der Waals surface area contributed by atoms with E-state index >= 15 is 0 Å². The number of hydrogen-bond donors (Lipinski definition) is 2. The molecule has 0 bridgehead atoms. The molecule has 2 aromatic heterocycles. The van der Waals surface area contributed by atoms with Crippen LogP contribution in [0, 0.1) is 6.85 Å². The predicted octanol–water partition coefficient (Wildman–Crippen LogP) is 21.7. The fourth-order valence-electron chi connectivity index (χ4n) is 13.5. The van der Waals surface area contributed by atoms with Gasteiger partial charge in [0, 0.05) is 55.6 Å². The summed E-state index contributed by atoms with van der Waals surface area (Å²) in [5, 5.41) is 9.75. The minimum absolute atomic E-state index is 0.0568. The van der Waals surface area contributed by atoms with Crippen molar-refractivity contribution < 1.29 is 8.85 Å². The van der Waals surface area contributed by atoms with Crippen LogP contribution >= 0.6 is 0 Å². The number of rotatable bonds is 10. The number of benzene rings is 11. The molecule has 5 nitrogen and oxygen atoms in total. The quantitative estimate of drug-likeness (QED) is 0.143. The highest BCUT2D eigenvalue weighted by Gasteiger charge is 2.52. The van der Waals surface area contributed by atoms with Gasteiger partial charge in [0.15, 0.2) is 0 Å². The predicted molar refractivity (Wildman–Crippen MR) is 359 cm³/mol. The van der Waals surface area contributed by atoms with Gasteiger partial charge in [0.05, 0.1) is 33.5 Å². The van der Waals surface area contributed by atoms with Crippen LogP contribution < -0.4 is 15.4 Å². The van der Waals surface area contributed by atoms with Crippen molar-refractivity contribution in [1.29, 1.82) is 0 Å². The molecule has 0 radical (unpaired) electrons. The molecule has 0 fully saturated rings. The number of fused-ring (bicyclic) bond motifs is 13. The summed E-state index contributed by atoms with van der Waals surface area (Å²) in [7, 11) is 0. The van der Waals surface area contributed by atoms with Gasteiger partial charge in [-0.05, 0) is 150 Å². The molecule has 416 valence electrons. The maximum atomic E-state index is 8.94.